The van der Waals surface area contributed by atoms with Crippen LogP contribution in [0, 0.1) is 0 Å². The largest absolute Gasteiger partial charge is 0.458 e. The van der Waals surface area contributed by atoms with Crippen LogP contribution in [0.4, 0.5) is 0 Å². The van der Waals surface area contributed by atoms with Crippen molar-refractivity contribution < 1.29 is 18.3 Å². The van der Waals surface area contributed by atoms with E-state index in [0.29, 0.717) is 10.2 Å². The molecule has 2 aromatic rings. The average molecular weight is 359 g/mol. The number of hydrogen-bond donors (Lipinski definition) is 0. The van der Waals surface area contributed by atoms with Gasteiger partial charge < -0.3 is 4.74 Å². The summed E-state index contributed by atoms with van der Waals surface area (Å²) in [6.45, 7) is 3.44. The summed E-state index contributed by atoms with van der Waals surface area (Å²) < 4.78 is 28.9. The third kappa shape index (κ3) is 4.00. The molecule has 0 amide bonds. The minimum absolute atomic E-state index is 0.0543. The minimum Gasteiger partial charge on any atom is -0.454 e. The molecule has 1 aromatic carbocycles. The molecule has 7 nitrogen and oxygen atoms in total. The molecule has 0 saturated heterocycles. The molecule has 0 aliphatic carbocycles. The van der Waals surface area contributed by atoms with Gasteiger partial charge in [-0.2, -0.15) is 5.10 Å². The predicted molar refractivity (Wildman–Crippen MR) is 86.3 cm³/mol. The highest BCUT2D eigenvalue weighted by atomic mass is 35.5. The molecule has 0 saturated carbocycles. The second kappa shape index (κ2) is 7.75. The molecule has 0 unspecified atom stereocenters. The lowest BCUT2D eigenvalue weighted by Crippen LogP contribution is -2.24. The second-order valence-electron chi connectivity index (χ2n) is 4.24. The lowest BCUT2D eigenvalue weighted by molar-refractivity contribution is 0.207. The molecule has 0 atom stereocenters. The standard InChI is InChI=1S/C14H16ClN2O5P/c1-3-20-23(19,21-4-2)17-14(18)13(15)12(10-16-17)22-11-8-6-5-7-9-11/h5-10H,3-4H2,1-2H3. The van der Waals surface area contributed by atoms with E-state index in [1.54, 1.807) is 38.1 Å². The van der Waals surface area contributed by atoms with E-state index in [1.165, 1.54) is 6.20 Å². The van der Waals surface area contributed by atoms with Gasteiger partial charge in [0.2, 0.25) is 0 Å². The van der Waals surface area contributed by atoms with Crippen LogP contribution in [0.1, 0.15) is 13.8 Å². The molecular weight excluding hydrogens is 343 g/mol. The molecule has 0 aliphatic heterocycles. The Kier molecular flexibility index (Phi) is 5.96. The Balaban J connectivity index is 2.41. The zero-order valence-electron chi connectivity index (χ0n) is 12.6. The van der Waals surface area contributed by atoms with Crippen LogP contribution in [0.5, 0.6) is 11.5 Å². The van der Waals surface area contributed by atoms with E-state index in [-0.39, 0.29) is 24.0 Å². The fourth-order valence-corrected chi connectivity index (χ4v) is 3.42. The molecule has 1 aromatic heterocycles. The summed E-state index contributed by atoms with van der Waals surface area (Å²) >= 11 is 6.02. The fraction of sp³-hybridized carbons (Fsp3) is 0.286. The van der Waals surface area contributed by atoms with Gasteiger partial charge >= 0.3 is 7.75 Å². The number of aromatic nitrogens is 2. The minimum atomic E-state index is -3.89. The van der Waals surface area contributed by atoms with E-state index >= 15 is 0 Å². The van der Waals surface area contributed by atoms with Crippen LogP contribution in [-0.4, -0.2) is 22.8 Å². The van der Waals surface area contributed by atoms with Crippen molar-refractivity contribution in [2.24, 2.45) is 0 Å². The van der Waals surface area contributed by atoms with E-state index in [1.807, 2.05) is 6.07 Å². The molecule has 124 valence electrons. The Hall–Kier alpha value is -1.66. The first-order chi connectivity index (χ1) is 11.0. The van der Waals surface area contributed by atoms with Crippen LogP contribution < -0.4 is 10.3 Å². The second-order valence-corrected chi connectivity index (χ2v) is 6.45. The molecule has 9 heteroatoms. The number of ether oxygens (including phenoxy) is 1. The van der Waals surface area contributed by atoms with Crippen LogP contribution in [0.3, 0.4) is 0 Å². The van der Waals surface area contributed by atoms with Crippen molar-refractivity contribution in [1.29, 1.82) is 0 Å². The Morgan fingerprint density at radius 3 is 2.35 bits per heavy atom. The summed E-state index contributed by atoms with van der Waals surface area (Å²) in [6.07, 6.45) is 1.20. The molecule has 0 fully saturated rings. The maximum Gasteiger partial charge on any atom is 0.458 e. The maximum atomic E-state index is 12.6. The van der Waals surface area contributed by atoms with E-state index in [2.05, 4.69) is 5.10 Å². The Labute approximate surface area is 138 Å². The maximum absolute atomic E-state index is 12.6. The molecule has 0 N–H and O–H groups in total. The Morgan fingerprint density at radius 2 is 1.78 bits per heavy atom. The van der Waals surface area contributed by atoms with Crippen molar-refractivity contribution in [1.82, 2.24) is 9.55 Å². The van der Waals surface area contributed by atoms with Crippen molar-refractivity contribution in [3.05, 3.63) is 51.9 Å². The molecular formula is C14H16ClN2O5P. The van der Waals surface area contributed by atoms with Crippen LogP contribution in [0.25, 0.3) is 0 Å². The van der Waals surface area contributed by atoms with Crippen molar-refractivity contribution >= 4 is 19.3 Å². The van der Waals surface area contributed by atoms with Gasteiger partial charge in [-0.1, -0.05) is 29.8 Å². The van der Waals surface area contributed by atoms with Crippen molar-refractivity contribution in [3.63, 3.8) is 0 Å². The van der Waals surface area contributed by atoms with E-state index < -0.39 is 13.3 Å². The van der Waals surface area contributed by atoms with Gasteiger partial charge in [0, 0.05) is 0 Å². The van der Waals surface area contributed by atoms with Crippen molar-refractivity contribution in [3.8, 4) is 11.5 Å². The van der Waals surface area contributed by atoms with Crippen molar-refractivity contribution in [2.45, 2.75) is 13.8 Å². The molecule has 0 spiro atoms. The molecule has 0 bridgehead atoms. The number of halogens is 1. The van der Waals surface area contributed by atoms with Crippen LogP contribution in [0.15, 0.2) is 41.3 Å². The Bertz CT molecular complexity index is 756. The number of benzene rings is 1. The average Bonchev–Trinajstić information content (AvgIpc) is 2.53. The van der Waals surface area contributed by atoms with Crippen LogP contribution >= 0.6 is 19.3 Å². The molecule has 1 heterocycles. The van der Waals surface area contributed by atoms with E-state index in [0.717, 1.165) is 0 Å². The number of rotatable bonds is 7. The first-order valence-electron chi connectivity index (χ1n) is 6.92. The van der Waals surface area contributed by atoms with E-state index in [9.17, 15) is 9.36 Å². The first-order valence-corrected chi connectivity index (χ1v) is 8.80. The summed E-state index contributed by atoms with van der Waals surface area (Å²) in [5.74, 6) is 0.546. The zero-order chi connectivity index (χ0) is 16.9. The van der Waals surface area contributed by atoms with Gasteiger partial charge in [-0.15, -0.1) is 4.45 Å². The number of hydrogen-bond acceptors (Lipinski definition) is 6. The van der Waals surface area contributed by atoms with Gasteiger partial charge in [-0.3, -0.25) is 13.8 Å². The van der Waals surface area contributed by atoms with Gasteiger partial charge in [-0.25, -0.2) is 4.57 Å². The van der Waals surface area contributed by atoms with Gasteiger partial charge in [0.1, 0.15) is 5.75 Å². The van der Waals surface area contributed by atoms with E-state index in [4.69, 9.17) is 25.4 Å². The highest BCUT2D eigenvalue weighted by molar-refractivity contribution is 7.52. The van der Waals surface area contributed by atoms with Crippen molar-refractivity contribution in [2.75, 3.05) is 13.2 Å². The smallest absolute Gasteiger partial charge is 0.454 e. The van der Waals surface area contributed by atoms with Crippen LogP contribution in [0.2, 0.25) is 5.02 Å². The quantitative estimate of drug-likeness (QED) is 0.702. The van der Waals surface area contributed by atoms with Gasteiger partial charge in [0.05, 0.1) is 19.4 Å². The zero-order valence-corrected chi connectivity index (χ0v) is 14.3. The molecule has 0 aliphatic rings. The molecule has 23 heavy (non-hydrogen) atoms. The van der Waals surface area contributed by atoms with Gasteiger partial charge in [0.15, 0.2) is 10.8 Å². The summed E-state index contributed by atoms with van der Waals surface area (Å²) in [5, 5.41) is 3.57. The molecule has 2 rings (SSSR count). The van der Waals surface area contributed by atoms with Gasteiger partial charge in [0.25, 0.3) is 5.56 Å². The third-order valence-electron chi connectivity index (χ3n) is 2.66. The summed E-state index contributed by atoms with van der Waals surface area (Å²) in [7, 11) is -3.89. The lowest BCUT2D eigenvalue weighted by Gasteiger charge is -2.18. The predicted octanol–water partition coefficient (Wildman–Crippen LogP) is 3.72. The SMILES string of the molecule is CCOP(=O)(OCC)n1ncc(Oc2ccccc2)c(Cl)c1=O. The third-order valence-corrected chi connectivity index (χ3v) is 4.92. The normalized spacial score (nSPS) is 11.4. The molecule has 0 radical (unpaired) electrons. The first kappa shape index (κ1) is 17.7. The monoisotopic (exact) mass is 358 g/mol. The summed E-state index contributed by atoms with van der Waals surface area (Å²) in [4.78, 5) is 12.3. The highest BCUT2D eigenvalue weighted by Gasteiger charge is 2.31. The lowest BCUT2D eigenvalue weighted by atomic mass is 10.3. The highest BCUT2D eigenvalue weighted by Crippen LogP contribution is 2.47. The fourth-order valence-electron chi connectivity index (χ4n) is 1.74. The summed E-state index contributed by atoms with van der Waals surface area (Å²) in [6, 6.07) is 8.78. The van der Waals surface area contributed by atoms with Crippen LogP contribution in [-0.2, 0) is 13.6 Å². The van der Waals surface area contributed by atoms with Gasteiger partial charge in [-0.05, 0) is 26.0 Å². The Morgan fingerprint density at radius 1 is 1.17 bits per heavy atom. The number of nitrogens with zero attached hydrogens (tertiary/aromatic N) is 2. The topological polar surface area (TPSA) is 79.7 Å². The summed E-state index contributed by atoms with van der Waals surface area (Å²) in [5.41, 5.74) is -0.815. The number of para-hydroxylation sites is 1.